The number of nitrogens with two attached hydrogens (primary N) is 1. The van der Waals surface area contributed by atoms with Gasteiger partial charge in [-0.1, -0.05) is 30.3 Å². The standard InChI is InChI=1S/C15H20N4O.ClH/c1-12-10-18-19(11-12)8-7-17-15(20)14(16)9-13-5-3-2-4-6-13;/h2-6,10-11,14H,7-9,16H2,1H3,(H,17,20);1H. The highest BCUT2D eigenvalue weighted by atomic mass is 35.5. The molecule has 3 N–H and O–H groups in total. The van der Waals surface area contributed by atoms with Crippen LogP contribution in [0.15, 0.2) is 42.7 Å². The third-order valence-electron chi connectivity index (χ3n) is 3.04. The quantitative estimate of drug-likeness (QED) is 0.845. The van der Waals surface area contributed by atoms with Crippen molar-refractivity contribution >= 4 is 18.3 Å². The first-order chi connectivity index (χ1) is 9.65. The monoisotopic (exact) mass is 308 g/mol. The zero-order chi connectivity index (χ0) is 14.4. The molecule has 0 aliphatic rings. The molecule has 114 valence electrons. The number of benzene rings is 1. The van der Waals surface area contributed by atoms with Gasteiger partial charge in [0.1, 0.15) is 0 Å². The number of carbonyl (C=O) groups is 1. The summed E-state index contributed by atoms with van der Waals surface area (Å²) in [5.41, 5.74) is 8.07. The predicted molar refractivity (Wildman–Crippen MR) is 85.3 cm³/mol. The molecule has 1 amide bonds. The van der Waals surface area contributed by atoms with Crippen LogP contribution in [0.2, 0.25) is 0 Å². The summed E-state index contributed by atoms with van der Waals surface area (Å²) >= 11 is 0. The molecule has 1 heterocycles. The molecule has 0 aliphatic heterocycles. The van der Waals surface area contributed by atoms with Crippen molar-refractivity contribution in [1.82, 2.24) is 15.1 Å². The average molecular weight is 309 g/mol. The molecule has 2 rings (SSSR count). The maximum Gasteiger partial charge on any atom is 0.237 e. The molecule has 1 unspecified atom stereocenters. The maximum atomic E-state index is 11.9. The summed E-state index contributed by atoms with van der Waals surface area (Å²) in [6.07, 6.45) is 4.28. The van der Waals surface area contributed by atoms with Gasteiger partial charge in [0.2, 0.25) is 5.91 Å². The fourth-order valence-electron chi connectivity index (χ4n) is 1.97. The summed E-state index contributed by atoms with van der Waals surface area (Å²) in [6, 6.07) is 9.26. The second kappa shape index (κ2) is 8.44. The van der Waals surface area contributed by atoms with Crippen LogP contribution in [0.4, 0.5) is 0 Å². The van der Waals surface area contributed by atoms with Crippen LogP contribution in [0.3, 0.4) is 0 Å². The van der Waals surface area contributed by atoms with E-state index in [1.54, 1.807) is 10.9 Å². The summed E-state index contributed by atoms with van der Waals surface area (Å²) < 4.78 is 1.80. The van der Waals surface area contributed by atoms with Gasteiger partial charge in [0.05, 0.1) is 18.8 Å². The number of rotatable bonds is 6. The Morgan fingerprint density at radius 1 is 1.38 bits per heavy atom. The van der Waals surface area contributed by atoms with Crippen LogP contribution in [-0.4, -0.2) is 28.3 Å². The molecular weight excluding hydrogens is 288 g/mol. The van der Waals surface area contributed by atoms with Crippen LogP contribution < -0.4 is 11.1 Å². The van der Waals surface area contributed by atoms with Gasteiger partial charge >= 0.3 is 0 Å². The van der Waals surface area contributed by atoms with Crippen LogP contribution in [0.5, 0.6) is 0 Å². The van der Waals surface area contributed by atoms with Crippen LogP contribution in [-0.2, 0) is 17.8 Å². The third-order valence-corrected chi connectivity index (χ3v) is 3.04. The number of halogens is 1. The van der Waals surface area contributed by atoms with Crippen LogP contribution in [0.1, 0.15) is 11.1 Å². The number of aryl methyl sites for hydroxylation is 1. The van der Waals surface area contributed by atoms with E-state index in [2.05, 4.69) is 10.4 Å². The van der Waals surface area contributed by atoms with Gasteiger partial charge in [0.15, 0.2) is 0 Å². The minimum Gasteiger partial charge on any atom is -0.353 e. The molecule has 0 bridgehead atoms. The van der Waals surface area contributed by atoms with Crippen molar-refractivity contribution in [2.24, 2.45) is 5.73 Å². The summed E-state index contributed by atoms with van der Waals surface area (Å²) in [6.45, 7) is 3.16. The van der Waals surface area contributed by atoms with Gasteiger partial charge < -0.3 is 11.1 Å². The van der Waals surface area contributed by atoms with Crippen LogP contribution in [0, 0.1) is 6.92 Å². The van der Waals surface area contributed by atoms with E-state index >= 15 is 0 Å². The number of aromatic nitrogens is 2. The van der Waals surface area contributed by atoms with E-state index in [0.29, 0.717) is 19.5 Å². The van der Waals surface area contributed by atoms with Gasteiger partial charge in [-0.2, -0.15) is 5.10 Å². The highest BCUT2D eigenvalue weighted by molar-refractivity contribution is 5.85. The Hall–Kier alpha value is -1.85. The molecule has 0 aliphatic carbocycles. The fraction of sp³-hybridized carbons (Fsp3) is 0.333. The van der Waals surface area contributed by atoms with Crippen LogP contribution >= 0.6 is 12.4 Å². The molecule has 6 heteroatoms. The minimum atomic E-state index is -0.517. The van der Waals surface area contributed by atoms with E-state index in [0.717, 1.165) is 11.1 Å². The zero-order valence-corrected chi connectivity index (χ0v) is 12.8. The molecule has 1 atom stereocenters. The first-order valence-corrected chi connectivity index (χ1v) is 6.71. The number of nitrogens with one attached hydrogen (secondary N) is 1. The Labute approximate surface area is 130 Å². The lowest BCUT2D eigenvalue weighted by molar-refractivity contribution is -0.122. The van der Waals surface area contributed by atoms with E-state index in [9.17, 15) is 4.79 Å². The third kappa shape index (κ3) is 5.57. The van der Waals surface area contributed by atoms with Crippen molar-refractivity contribution < 1.29 is 4.79 Å². The van der Waals surface area contributed by atoms with Crippen molar-refractivity contribution in [2.45, 2.75) is 25.9 Å². The first kappa shape index (κ1) is 17.2. The van der Waals surface area contributed by atoms with Gasteiger partial charge in [0.25, 0.3) is 0 Å². The lowest BCUT2D eigenvalue weighted by Gasteiger charge is -2.12. The average Bonchev–Trinajstić information content (AvgIpc) is 2.85. The molecular formula is C15H21ClN4O. The first-order valence-electron chi connectivity index (χ1n) is 6.71. The Morgan fingerprint density at radius 3 is 2.71 bits per heavy atom. The van der Waals surface area contributed by atoms with Crippen molar-refractivity contribution in [3.63, 3.8) is 0 Å². The number of carbonyl (C=O) groups excluding carboxylic acids is 1. The van der Waals surface area contributed by atoms with E-state index in [1.165, 1.54) is 0 Å². The smallest absolute Gasteiger partial charge is 0.237 e. The van der Waals surface area contributed by atoms with Crippen molar-refractivity contribution in [3.8, 4) is 0 Å². The van der Waals surface area contributed by atoms with Crippen molar-refractivity contribution in [2.75, 3.05) is 6.54 Å². The summed E-state index contributed by atoms with van der Waals surface area (Å²) in [5.74, 6) is -0.127. The lowest BCUT2D eigenvalue weighted by atomic mass is 10.1. The summed E-state index contributed by atoms with van der Waals surface area (Å²) in [4.78, 5) is 11.9. The van der Waals surface area contributed by atoms with Gasteiger partial charge in [-0.25, -0.2) is 0 Å². The Bertz CT molecular complexity index is 556. The van der Waals surface area contributed by atoms with Gasteiger partial charge in [-0.15, -0.1) is 12.4 Å². The molecule has 21 heavy (non-hydrogen) atoms. The minimum absolute atomic E-state index is 0. The normalized spacial score (nSPS) is 11.5. The molecule has 0 fully saturated rings. The molecule has 0 saturated carbocycles. The molecule has 0 saturated heterocycles. The van der Waals surface area contributed by atoms with Gasteiger partial charge in [-0.3, -0.25) is 9.48 Å². The lowest BCUT2D eigenvalue weighted by Crippen LogP contribution is -2.43. The topological polar surface area (TPSA) is 72.9 Å². The van der Waals surface area contributed by atoms with Gasteiger partial charge in [-0.05, 0) is 24.5 Å². The number of amides is 1. The summed E-state index contributed by atoms with van der Waals surface area (Å²) in [5, 5.41) is 6.99. The van der Waals surface area contributed by atoms with E-state index in [4.69, 9.17) is 5.73 Å². The summed E-state index contributed by atoms with van der Waals surface area (Å²) in [7, 11) is 0. The van der Waals surface area contributed by atoms with Crippen molar-refractivity contribution in [3.05, 3.63) is 53.9 Å². The maximum absolute atomic E-state index is 11.9. The number of nitrogens with zero attached hydrogens (tertiary/aromatic N) is 2. The highest BCUT2D eigenvalue weighted by Crippen LogP contribution is 2.01. The van der Waals surface area contributed by atoms with E-state index < -0.39 is 6.04 Å². The predicted octanol–water partition coefficient (Wildman–Crippen LogP) is 1.30. The SMILES string of the molecule is Cc1cnn(CCNC(=O)C(N)Cc2ccccc2)c1.Cl. The fourth-order valence-corrected chi connectivity index (χ4v) is 1.97. The zero-order valence-electron chi connectivity index (χ0n) is 12.0. The molecule has 1 aromatic heterocycles. The van der Waals surface area contributed by atoms with E-state index in [-0.39, 0.29) is 18.3 Å². The van der Waals surface area contributed by atoms with E-state index in [1.807, 2.05) is 43.5 Å². The Morgan fingerprint density at radius 2 is 2.10 bits per heavy atom. The Kier molecular flexibility index (Phi) is 6.91. The van der Waals surface area contributed by atoms with Crippen molar-refractivity contribution in [1.29, 1.82) is 0 Å². The van der Waals surface area contributed by atoms with Gasteiger partial charge in [0, 0.05) is 12.7 Å². The molecule has 1 aromatic carbocycles. The number of hydrogen-bond acceptors (Lipinski definition) is 3. The molecule has 2 aromatic rings. The second-order valence-corrected chi connectivity index (χ2v) is 4.87. The number of hydrogen-bond donors (Lipinski definition) is 2. The Balaban J connectivity index is 0.00000220. The second-order valence-electron chi connectivity index (χ2n) is 4.87. The largest absolute Gasteiger partial charge is 0.353 e. The molecule has 0 radical (unpaired) electrons. The molecule has 5 nitrogen and oxygen atoms in total. The van der Waals surface area contributed by atoms with Crippen LogP contribution in [0.25, 0.3) is 0 Å². The molecule has 0 spiro atoms. The highest BCUT2D eigenvalue weighted by Gasteiger charge is 2.13.